The van der Waals surface area contributed by atoms with Crippen LogP contribution in [0.15, 0.2) is 33.5 Å². The molecule has 0 fully saturated rings. The minimum Gasteiger partial charge on any atom is -0.481 e. The maximum Gasteiger partial charge on any atom is 0.336 e. The van der Waals surface area contributed by atoms with Crippen LogP contribution < -0.4 is 15.7 Å². The van der Waals surface area contributed by atoms with Crippen molar-refractivity contribution in [3.05, 3.63) is 40.2 Å². The zero-order chi connectivity index (χ0) is 21.4. The van der Waals surface area contributed by atoms with Crippen molar-refractivity contribution >= 4 is 34.6 Å². The quantitative estimate of drug-likeness (QED) is 0.537. The van der Waals surface area contributed by atoms with E-state index in [1.807, 2.05) is 12.3 Å². The number of carbonyl (C=O) groups is 2. The molecule has 1 amide bonds. The normalized spacial score (nSPS) is 13.1. The van der Waals surface area contributed by atoms with E-state index in [1.165, 1.54) is 17.8 Å². The zero-order valence-corrected chi connectivity index (χ0v) is 17.7. The van der Waals surface area contributed by atoms with Gasteiger partial charge in [0, 0.05) is 17.5 Å². The van der Waals surface area contributed by atoms with E-state index in [0.29, 0.717) is 23.5 Å². The number of benzene rings is 1. The van der Waals surface area contributed by atoms with Gasteiger partial charge in [-0.3, -0.25) is 4.79 Å². The molecule has 0 aliphatic rings. The van der Waals surface area contributed by atoms with Gasteiger partial charge in [-0.25, -0.2) is 9.59 Å². The summed E-state index contributed by atoms with van der Waals surface area (Å²) in [5.74, 6) is -0.605. The molecule has 2 unspecified atom stereocenters. The lowest BCUT2D eigenvalue weighted by atomic mass is 10.0. The number of carboxylic acid groups (broad SMARTS) is 1. The lowest BCUT2D eigenvalue weighted by Gasteiger charge is -2.19. The van der Waals surface area contributed by atoms with Crippen LogP contribution >= 0.6 is 11.8 Å². The van der Waals surface area contributed by atoms with Gasteiger partial charge in [-0.05, 0) is 55.9 Å². The number of thioether (sulfide) groups is 1. The molecule has 29 heavy (non-hydrogen) atoms. The maximum absolute atomic E-state index is 12.3. The number of fused-ring (bicyclic) bond motifs is 1. The van der Waals surface area contributed by atoms with Crippen LogP contribution in [0.1, 0.15) is 38.7 Å². The van der Waals surface area contributed by atoms with Crippen LogP contribution in [0.25, 0.3) is 11.0 Å². The predicted molar refractivity (Wildman–Crippen MR) is 114 cm³/mol. The minimum absolute atomic E-state index is 0.330. The first-order chi connectivity index (χ1) is 13.8. The van der Waals surface area contributed by atoms with Crippen molar-refractivity contribution in [2.24, 2.45) is 0 Å². The molecule has 1 aromatic carbocycles. The van der Waals surface area contributed by atoms with E-state index in [4.69, 9.17) is 9.15 Å². The number of hydrogen-bond donors (Lipinski definition) is 2. The van der Waals surface area contributed by atoms with E-state index in [-0.39, 0.29) is 0 Å². The van der Waals surface area contributed by atoms with Gasteiger partial charge in [0.2, 0.25) is 0 Å². The summed E-state index contributed by atoms with van der Waals surface area (Å²) >= 11 is 1.51. The first-order valence-electron chi connectivity index (χ1n) is 9.61. The van der Waals surface area contributed by atoms with Crippen molar-refractivity contribution in [2.45, 2.75) is 51.7 Å². The smallest absolute Gasteiger partial charge is 0.336 e. The van der Waals surface area contributed by atoms with Crippen LogP contribution in [0.5, 0.6) is 5.75 Å². The number of unbranched alkanes of at least 4 members (excludes halogenated alkanes) is 1. The standard InChI is InChI=1S/C21H27NO6S/c1-4-5-6-14-11-19(23)28-18-12-15(7-8-16(14)18)27-13(2)20(24)22-17(21(25)26)9-10-29-3/h7-8,11-13,17H,4-6,9-10H2,1-3H3,(H,22,24)(H,25,26). The summed E-state index contributed by atoms with van der Waals surface area (Å²) in [5.41, 5.74) is 0.898. The lowest BCUT2D eigenvalue weighted by molar-refractivity contribution is -0.142. The van der Waals surface area contributed by atoms with Crippen LogP contribution in [0.3, 0.4) is 0 Å². The number of hydrogen-bond acceptors (Lipinski definition) is 6. The van der Waals surface area contributed by atoms with E-state index < -0.39 is 29.6 Å². The summed E-state index contributed by atoms with van der Waals surface area (Å²) in [4.78, 5) is 35.5. The summed E-state index contributed by atoms with van der Waals surface area (Å²) < 4.78 is 10.9. The third-order valence-electron chi connectivity index (χ3n) is 4.51. The van der Waals surface area contributed by atoms with Gasteiger partial charge in [0.05, 0.1) is 0 Å². The van der Waals surface area contributed by atoms with E-state index in [1.54, 1.807) is 19.1 Å². The first kappa shape index (κ1) is 22.8. The van der Waals surface area contributed by atoms with E-state index in [0.717, 1.165) is 30.2 Å². The summed E-state index contributed by atoms with van der Waals surface area (Å²) in [6, 6.07) is 5.65. The highest BCUT2D eigenvalue weighted by molar-refractivity contribution is 7.98. The Morgan fingerprint density at radius 2 is 2.07 bits per heavy atom. The Balaban J connectivity index is 2.13. The molecule has 0 saturated carbocycles. The number of ether oxygens (including phenoxy) is 1. The Hall–Kier alpha value is -2.48. The number of aryl methyl sites for hydroxylation is 1. The number of carbonyl (C=O) groups excluding carboxylic acids is 1. The zero-order valence-electron chi connectivity index (χ0n) is 16.9. The molecule has 2 N–H and O–H groups in total. The molecule has 8 heteroatoms. The van der Waals surface area contributed by atoms with Gasteiger partial charge >= 0.3 is 11.6 Å². The average Bonchev–Trinajstić information content (AvgIpc) is 2.68. The highest BCUT2D eigenvalue weighted by Crippen LogP contribution is 2.24. The van der Waals surface area contributed by atoms with Crippen LogP contribution in [0.4, 0.5) is 0 Å². The molecule has 2 rings (SSSR count). The summed E-state index contributed by atoms with van der Waals surface area (Å²) in [7, 11) is 0. The molecule has 0 radical (unpaired) electrons. The molecule has 158 valence electrons. The largest absolute Gasteiger partial charge is 0.481 e. The van der Waals surface area contributed by atoms with Crippen LogP contribution in [-0.2, 0) is 16.0 Å². The molecular weight excluding hydrogens is 394 g/mol. The van der Waals surface area contributed by atoms with Gasteiger partial charge in [-0.2, -0.15) is 11.8 Å². The van der Waals surface area contributed by atoms with Gasteiger partial charge in [-0.15, -0.1) is 0 Å². The Labute approximate surface area is 173 Å². The molecule has 1 heterocycles. The molecule has 0 bridgehead atoms. The Morgan fingerprint density at radius 3 is 2.72 bits per heavy atom. The monoisotopic (exact) mass is 421 g/mol. The number of rotatable bonds is 11. The first-order valence-corrected chi connectivity index (χ1v) is 11.0. The minimum atomic E-state index is -1.08. The second kappa shape index (κ2) is 10.9. The van der Waals surface area contributed by atoms with Gasteiger partial charge in [0.15, 0.2) is 6.10 Å². The number of nitrogens with one attached hydrogen (secondary N) is 1. The van der Waals surface area contributed by atoms with Crippen molar-refractivity contribution < 1.29 is 23.8 Å². The lowest BCUT2D eigenvalue weighted by Crippen LogP contribution is -2.46. The SMILES string of the molecule is CCCCc1cc(=O)oc2cc(OC(C)C(=O)NC(CCSC)C(=O)O)ccc12. The van der Waals surface area contributed by atoms with Gasteiger partial charge < -0.3 is 19.6 Å². The fourth-order valence-electron chi connectivity index (χ4n) is 2.90. The van der Waals surface area contributed by atoms with Gasteiger partial charge in [0.1, 0.15) is 17.4 Å². The molecule has 2 atom stereocenters. The Morgan fingerprint density at radius 1 is 1.31 bits per heavy atom. The third kappa shape index (κ3) is 6.52. The number of aliphatic carboxylic acids is 1. The molecular formula is C21H27NO6S. The van der Waals surface area contributed by atoms with Crippen molar-refractivity contribution in [2.75, 3.05) is 12.0 Å². The average molecular weight is 422 g/mol. The highest BCUT2D eigenvalue weighted by Gasteiger charge is 2.23. The molecule has 1 aromatic heterocycles. The van der Waals surface area contributed by atoms with Crippen LogP contribution in [-0.4, -0.2) is 41.1 Å². The van der Waals surface area contributed by atoms with E-state index >= 15 is 0 Å². The van der Waals surface area contributed by atoms with E-state index in [9.17, 15) is 19.5 Å². The number of carboxylic acids is 1. The van der Waals surface area contributed by atoms with Crippen molar-refractivity contribution in [3.8, 4) is 5.75 Å². The Bertz CT molecular complexity index is 910. The van der Waals surface area contributed by atoms with Crippen LogP contribution in [0, 0.1) is 0 Å². The molecule has 7 nitrogen and oxygen atoms in total. The summed E-state index contributed by atoms with van der Waals surface area (Å²) in [6.45, 7) is 3.63. The predicted octanol–water partition coefficient (Wildman–Crippen LogP) is 3.23. The second-order valence-electron chi connectivity index (χ2n) is 6.79. The molecule has 2 aromatic rings. The molecule has 0 aliphatic carbocycles. The highest BCUT2D eigenvalue weighted by atomic mass is 32.2. The molecule has 0 aliphatic heterocycles. The fourth-order valence-corrected chi connectivity index (χ4v) is 3.37. The van der Waals surface area contributed by atoms with Crippen molar-refractivity contribution in [3.63, 3.8) is 0 Å². The fraction of sp³-hybridized carbons (Fsp3) is 0.476. The molecule has 0 spiro atoms. The van der Waals surface area contributed by atoms with Gasteiger partial charge in [0.25, 0.3) is 5.91 Å². The number of amides is 1. The van der Waals surface area contributed by atoms with E-state index in [2.05, 4.69) is 12.2 Å². The Kier molecular flexibility index (Phi) is 8.57. The topological polar surface area (TPSA) is 106 Å². The summed E-state index contributed by atoms with van der Waals surface area (Å²) in [6.07, 6.45) is 4.07. The van der Waals surface area contributed by atoms with Crippen molar-refractivity contribution in [1.29, 1.82) is 0 Å². The van der Waals surface area contributed by atoms with Crippen molar-refractivity contribution in [1.82, 2.24) is 5.32 Å². The maximum atomic E-state index is 12.3. The van der Waals surface area contributed by atoms with Gasteiger partial charge in [-0.1, -0.05) is 13.3 Å². The summed E-state index contributed by atoms with van der Waals surface area (Å²) in [5, 5.41) is 12.6. The second-order valence-corrected chi connectivity index (χ2v) is 7.78. The third-order valence-corrected chi connectivity index (χ3v) is 5.15. The van der Waals surface area contributed by atoms with Crippen LogP contribution in [0.2, 0.25) is 0 Å². The molecule has 0 saturated heterocycles.